The number of benzene rings is 2. The number of nitrogens with zero attached hydrogens (tertiary/aromatic N) is 1. The van der Waals surface area contributed by atoms with Gasteiger partial charge in [-0.2, -0.15) is 0 Å². The third-order valence-corrected chi connectivity index (χ3v) is 5.02. The first kappa shape index (κ1) is 15.9. The smallest absolute Gasteiger partial charge is 0.138 e. The molecular weight excluding hydrogens is 286 g/mol. The van der Waals surface area contributed by atoms with Gasteiger partial charge in [0.25, 0.3) is 0 Å². The van der Waals surface area contributed by atoms with Crippen molar-refractivity contribution in [2.45, 2.75) is 38.5 Å². The molecule has 0 aliphatic carbocycles. The maximum absolute atomic E-state index is 9.65. The van der Waals surface area contributed by atoms with Crippen LogP contribution >= 0.6 is 0 Å². The minimum absolute atomic E-state index is 0.307. The molecule has 1 fully saturated rings. The number of hydrogen-bond donors (Lipinski definition) is 2. The van der Waals surface area contributed by atoms with Gasteiger partial charge in [0, 0.05) is 24.3 Å². The monoisotopic (exact) mass is 312 g/mol. The third kappa shape index (κ3) is 3.50. The zero-order chi connectivity index (χ0) is 16.1. The second-order valence-corrected chi connectivity index (χ2v) is 6.57. The fourth-order valence-corrected chi connectivity index (χ4v) is 3.72. The standard InChI is InChI=1S/C20H25NO2/c22-19-11-7-17(8-12-19)21(18-9-13-20(23)14-10-18)15-5-3-1-2-4-6-16-21/h7-14H,1-6,15-16H2,(H-,22,23)/p+1. The molecule has 0 radical (unpaired) electrons. The van der Waals surface area contributed by atoms with Gasteiger partial charge in [0.15, 0.2) is 0 Å². The van der Waals surface area contributed by atoms with Crippen molar-refractivity contribution in [3.63, 3.8) is 0 Å². The van der Waals surface area contributed by atoms with E-state index >= 15 is 0 Å². The second-order valence-electron chi connectivity index (χ2n) is 6.57. The van der Waals surface area contributed by atoms with Crippen molar-refractivity contribution in [1.82, 2.24) is 4.48 Å². The van der Waals surface area contributed by atoms with Gasteiger partial charge >= 0.3 is 0 Å². The summed E-state index contributed by atoms with van der Waals surface area (Å²) < 4.78 is 0.806. The van der Waals surface area contributed by atoms with Crippen molar-refractivity contribution in [1.29, 1.82) is 0 Å². The molecule has 1 saturated heterocycles. The Kier molecular flexibility index (Phi) is 4.87. The molecule has 1 aliphatic heterocycles. The highest BCUT2D eigenvalue weighted by Crippen LogP contribution is 2.38. The molecule has 2 aromatic rings. The third-order valence-electron chi connectivity index (χ3n) is 5.02. The summed E-state index contributed by atoms with van der Waals surface area (Å²) in [6.45, 7) is 2.13. The Hall–Kier alpha value is -2.00. The molecule has 3 heteroatoms. The van der Waals surface area contributed by atoms with Gasteiger partial charge in [-0.25, -0.2) is 0 Å². The van der Waals surface area contributed by atoms with Crippen LogP contribution in [0.3, 0.4) is 0 Å². The van der Waals surface area contributed by atoms with E-state index in [1.807, 2.05) is 24.3 Å². The van der Waals surface area contributed by atoms with Crippen LogP contribution in [-0.2, 0) is 0 Å². The molecule has 1 heterocycles. The number of phenols is 2. The number of quaternary nitrogens is 1. The zero-order valence-corrected chi connectivity index (χ0v) is 13.6. The molecule has 0 aromatic heterocycles. The van der Waals surface area contributed by atoms with Gasteiger partial charge in [0.2, 0.25) is 0 Å². The van der Waals surface area contributed by atoms with Crippen LogP contribution in [0.25, 0.3) is 0 Å². The molecule has 0 spiro atoms. The molecule has 0 unspecified atom stereocenters. The average molecular weight is 312 g/mol. The van der Waals surface area contributed by atoms with Crippen LogP contribution in [0.5, 0.6) is 11.5 Å². The fourth-order valence-electron chi connectivity index (χ4n) is 3.72. The van der Waals surface area contributed by atoms with E-state index in [0.717, 1.165) is 17.6 Å². The summed E-state index contributed by atoms with van der Waals surface area (Å²) in [5, 5.41) is 19.3. The van der Waals surface area contributed by atoms with Crippen molar-refractivity contribution in [3.8, 4) is 11.5 Å². The average Bonchev–Trinajstić information content (AvgIpc) is 2.69. The largest absolute Gasteiger partial charge is 0.508 e. The molecule has 2 aromatic carbocycles. The number of phenolic OH excluding ortho intramolecular Hbond substituents is 2. The van der Waals surface area contributed by atoms with E-state index in [0.29, 0.717) is 11.5 Å². The van der Waals surface area contributed by atoms with E-state index in [9.17, 15) is 10.2 Å². The first-order valence-corrected chi connectivity index (χ1v) is 8.67. The molecule has 3 rings (SSSR count). The number of hydrogen-bond acceptors (Lipinski definition) is 2. The Morgan fingerprint density at radius 1 is 0.522 bits per heavy atom. The quantitative estimate of drug-likeness (QED) is 0.758. The highest BCUT2D eigenvalue weighted by Gasteiger charge is 2.33. The van der Waals surface area contributed by atoms with Crippen LogP contribution in [0, 0.1) is 0 Å². The minimum Gasteiger partial charge on any atom is -0.508 e. The topological polar surface area (TPSA) is 40.5 Å². The molecule has 0 saturated carbocycles. The highest BCUT2D eigenvalue weighted by molar-refractivity contribution is 5.60. The fraction of sp³-hybridized carbons (Fsp3) is 0.400. The van der Waals surface area contributed by atoms with Crippen LogP contribution in [0.4, 0.5) is 11.4 Å². The van der Waals surface area contributed by atoms with E-state index < -0.39 is 0 Å². The van der Waals surface area contributed by atoms with Crippen molar-refractivity contribution in [2.75, 3.05) is 13.1 Å². The van der Waals surface area contributed by atoms with Gasteiger partial charge in [-0.3, -0.25) is 4.48 Å². The van der Waals surface area contributed by atoms with Crippen molar-refractivity contribution < 1.29 is 10.2 Å². The molecule has 23 heavy (non-hydrogen) atoms. The lowest BCUT2D eigenvalue weighted by Gasteiger charge is -2.38. The first-order valence-electron chi connectivity index (χ1n) is 8.67. The van der Waals surface area contributed by atoms with Crippen LogP contribution in [0.2, 0.25) is 0 Å². The van der Waals surface area contributed by atoms with E-state index in [2.05, 4.69) is 0 Å². The van der Waals surface area contributed by atoms with Gasteiger partial charge in [-0.15, -0.1) is 0 Å². The molecule has 3 nitrogen and oxygen atoms in total. The second kappa shape index (κ2) is 7.05. The van der Waals surface area contributed by atoms with Crippen molar-refractivity contribution in [3.05, 3.63) is 48.5 Å². The van der Waals surface area contributed by atoms with E-state index in [1.54, 1.807) is 24.3 Å². The molecule has 1 aliphatic rings. The Morgan fingerprint density at radius 3 is 1.26 bits per heavy atom. The van der Waals surface area contributed by atoms with Crippen molar-refractivity contribution in [2.24, 2.45) is 0 Å². The molecule has 0 atom stereocenters. The summed E-state index contributed by atoms with van der Waals surface area (Å²) in [4.78, 5) is 0. The van der Waals surface area contributed by atoms with Crippen LogP contribution in [0.1, 0.15) is 38.5 Å². The Balaban J connectivity index is 2.06. The van der Waals surface area contributed by atoms with E-state index in [1.165, 1.54) is 49.9 Å². The maximum Gasteiger partial charge on any atom is 0.138 e. The predicted octanol–water partition coefficient (Wildman–Crippen LogP) is 5.09. The van der Waals surface area contributed by atoms with Gasteiger partial charge in [-0.1, -0.05) is 12.8 Å². The summed E-state index contributed by atoms with van der Waals surface area (Å²) in [7, 11) is 0. The van der Waals surface area contributed by atoms with E-state index in [4.69, 9.17) is 0 Å². The van der Waals surface area contributed by atoms with Gasteiger partial charge in [0.1, 0.15) is 22.9 Å². The van der Waals surface area contributed by atoms with Gasteiger partial charge < -0.3 is 10.2 Å². The SMILES string of the molecule is Oc1ccc([N+]2(c3ccc(O)cc3)CCCCCCCC2)cc1. The minimum atomic E-state index is 0.307. The summed E-state index contributed by atoms with van der Waals surface area (Å²) in [6, 6.07) is 15.3. The molecule has 0 amide bonds. The highest BCUT2D eigenvalue weighted by atomic mass is 16.3. The Bertz CT molecular complexity index is 562. The van der Waals surface area contributed by atoms with Gasteiger partial charge in [0.05, 0.1) is 13.1 Å². The summed E-state index contributed by atoms with van der Waals surface area (Å²) in [5.41, 5.74) is 2.44. The van der Waals surface area contributed by atoms with Crippen LogP contribution < -0.4 is 4.48 Å². The normalized spacial score (nSPS) is 18.6. The summed E-state index contributed by atoms with van der Waals surface area (Å²) in [5.74, 6) is 0.615. The lowest BCUT2D eigenvalue weighted by molar-refractivity contribution is 0.369. The molecular formula is C20H26NO2+. The summed E-state index contributed by atoms with van der Waals surface area (Å²) >= 11 is 0. The molecule has 0 bridgehead atoms. The summed E-state index contributed by atoms with van der Waals surface area (Å²) in [6.07, 6.45) is 7.59. The predicted molar refractivity (Wildman–Crippen MR) is 95.1 cm³/mol. The van der Waals surface area contributed by atoms with Gasteiger partial charge in [-0.05, 0) is 49.9 Å². The molecule has 2 N–H and O–H groups in total. The lowest BCUT2D eigenvalue weighted by Crippen LogP contribution is -2.45. The Morgan fingerprint density at radius 2 is 0.870 bits per heavy atom. The van der Waals surface area contributed by atoms with Crippen LogP contribution in [0.15, 0.2) is 48.5 Å². The Labute approximate surface area is 138 Å². The number of rotatable bonds is 2. The van der Waals surface area contributed by atoms with Crippen molar-refractivity contribution >= 4 is 11.4 Å². The maximum atomic E-state index is 9.65. The number of aromatic hydroxyl groups is 2. The van der Waals surface area contributed by atoms with Crippen LogP contribution in [-0.4, -0.2) is 23.3 Å². The molecule has 122 valence electrons. The zero-order valence-electron chi connectivity index (χ0n) is 13.6. The lowest BCUT2D eigenvalue weighted by atomic mass is 10.1. The van der Waals surface area contributed by atoms with E-state index in [-0.39, 0.29) is 0 Å². The first-order chi connectivity index (χ1) is 11.2.